The van der Waals surface area contributed by atoms with Gasteiger partial charge in [0.15, 0.2) is 0 Å². The smallest absolute Gasteiger partial charge is 0.331 e. The lowest BCUT2D eigenvalue weighted by Gasteiger charge is -2.11. The van der Waals surface area contributed by atoms with Gasteiger partial charge in [-0.3, -0.25) is 9.13 Å². The molecule has 160 valence electrons. The molecule has 0 bridgehead atoms. The molecule has 1 fully saturated rings. The SMILES string of the molecule is CCCc1c(-c2ccc(Cn3cc(O)n(C)c3=O)cc2)ccc2c1nnn2CC1CC1. The molecule has 4 aromatic rings. The van der Waals surface area contributed by atoms with Crippen LogP contribution < -0.4 is 5.69 Å². The molecule has 1 aliphatic rings. The maximum absolute atomic E-state index is 12.1. The molecule has 7 heteroatoms. The van der Waals surface area contributed by atoms with Crippen LogP contribution in [0, 0.1) is 5.92 Å². The van der Waals surface area contributed by atoms with E-state index >= 15 is 0 Å². The highest BCUT2D eigenvalue weighted by molar-refractivity contribution is 5.86. The number of aromatic hydroxyl groups is 1. The van der Waals surface area contributed by atoms with Crippen LogP contribution in [0.3, 0.4) is 0 Å². The molecule has 2 heterocycles. The molecule has 0 radical (unpaired) electrons. The minimum atomic E-state index is -0.230. The van der Waals surface area contributed by atoms with Crippen molar-refractivity contribution in [3.8, 4) is 17.0 Å². The Hall–Kier alpha value is -3.35. The second-order valence-corrected chi connectivity index (χ2v) is 8.58. The monoisotopic (exact) mass is 417 g/mol. The standard InChI is InChI=1S/C24H27N5O2/c1-3-4-20-19(11-12-21-23(20)25-26-29(21)14-17-5-6-17)18-9-7-16(8-10-18)13-28-15-22(30)27(2)24(28)31/h7-12,15,17,30H,3-6,13-14H2,1-2H3. The second kappa shape index (κ2) is 7.72. The van der Waals surface area contributed by atoms with Gasteiger partial charge in [0.05, 0.1) is 18.3 Å². The number of hydrogen-bond donors (Lipinski definition) is 1. The zero-order valence-corrected chi connectivity index (χ0v) is 18.0. The van der Waals surface area contributed by atoms with Crippen molar-refractivity contribution in [2.45, 2.75) is 45.7 Å². The number of hydrogen-bond acceptors (Lipinski definition) is 4. The van der Waals surface area contributed by atoms with E-state index in [0.717, 1.165) is 47.5 Å². The van der Waals surface area contributed by atoms with E-state index in [1.54, 1.807) is 7.05 Å². The lowest BCUT2D eigenvalue weighted by Crippen LogP contribution is -2.22. The molecule has 0 spiro atoms. The Balaban J connectivity index is 1.47. The molecular weight excluding hydrogens is 390 g/mol. The van der Waals surface area contributed by atoms with Crippen LogP contribution in [0.25, 0.3) is 22.2 Å². The summed E-state index contributed by atoms with van der Waals surface area (Å²) >= 11 is 0. The molecule has 0 amide bonds. The predicted molar refractivity (Wildman–Crippen MR) is 120 cm³/mol. The van der Waals surface area contributed by atoms with Crippen molar-refractivity contribution in [3.05, 3.63) is 64.2 Å². The number of aryl methyl sites for hydroxylation is 1. The fourth-order valence-electron chi connectivity index (χ4n) is 4.22. The van der Waals surface area contributed by atoms with E-state index in [1.807, 2.05) is 12.1 Å². The summed E-state index contributed by atoms with van der Waals surface area (Å²) in [6.07, 6.45) is 6.05. The van der Waals surface area contributed by atoms with Crippen LogP contribution >= 0.6 is 0 Å². The van der Waals surface area contributed by atoms with Crippen molar-refractivity contribution in [1.82, 2.24) is 24.1 Å². The van der Waals surface area contributed by atoms with Crippen molar-refractivity contribution in [2.24, 2.45) is 13.0 Å². The molecule has 2 aromatic heterocycles. The van der Waals surface area contributed by atoms with E-state index in [2.05, 4.69) is 46.2 Å². The molecule has 0 unspecified atom stereocenters. The number of rotatable bonds is 7. The Labute approximate surface area is 180 Å². The van der Waals surface area contributed by atoms with E-state index in [4.69, 9.17) is 0 Å². The van der Waals surface area contributed by atoms with Crippen LogP contribution in [-0.4, -0.2) is 29.2 Å². The first-order valence-electron chi connectivity index (χ1n) is 10.9. The zero-order chi connectivity index (χ0) is 21.5. The lowest BCUT2D eigenvalue weighted by atomic mass is 9.95. The van der Waals surface area contributed by atoms with Gasteiger partial charge in [0.1, 0.15) is 5.52 Å². The second-order valence-electron chi connectivity index (χ2n) is 8.58. The number of aromatic nitrogens is 5. The van der Waals surface area contributed by atoms with Gasteiger partial charge >= 0.3 is 5.69 Å². The van der Waals surface area contributed by atoms with Gasteiger partial charge in [-0.25, -0.2) is 9.48 Å². The van der Waals surface area contributed by atoms with E-state index < -0.39 is 0 Å². The first-order chi connectivity index (χ1) is 15.0. The Morgan fingerprint density at radius 1 is 1.13 bits per heavy atom. The molecule has 1 N–H and O–H groups in total. The largest absolute Gasteiger partial charge is 0.493 e. The molecule has 0 atom stereocenters. The lowest BCUT2D eigenvalue weighted by molar-refractivity contribution is 0.429. The maximum atomic E-state index is 12.1. The third kappa shape index (κ3) is 3.65. The minimum absolute atomic E-state index is 0.0335. The quantitative estimate of drug-likeness (QED) is 0.497. The Bertz CT molecular complexity index is 1290. The third-order valence-corrected chi connectivity index (χ3v) is 6.19. The van der Waals surface area contributed by atoms with Crippen molar-refractivity contribution in [1.29, 1.82) is 0 Å². The predicted octanol–water partition coefficient (Wildman–Crippen LogP) is 3.71. The normalized spacial score (nSPS) is 13.9. The van der Waals surface area contributed by atoms with Crippen molar-refractivity contribution in [3.63, 3.8) is 0 Å². The number of imidazole rings is 1. The van der Waals surface area contributed by atoms with Crippen LogP contribution in [0.2, 0.25) is 0 Å². The molecule has 1 aliphatic carbocycles. The molecule has 0 saturated heterocycles. The molecule has 2 aromatic carbocycles. The molecule has 7 nitrogen and oxygen atoms in total. The van der Waals surface area contributed by atoms with Gasteiger partial charge in [0, 0.05) is 13.6 Å². The highest BCUT2D eigenvalue weighted by atomic mass is 16.3. The Morgan fingerprint density at radius 3 is 2.55 bits per heavy atom. The van der Waals surface area contributed by atoms with Crippen molar-refractivity contribution in [2.75, 3.05) is 0 Å². The highest BCUT2D eigenvalue weighted by Crippen LogP contribution is 2.34. The van der Waals surface area contributed by atoms with Crippen LogP contribution in [0.4, 0.5) is 0 Å². The Morgan fingerprint density at radius 2 is 1.90 bits per heavy atom. The van der Waals surface area contributed by atoms with E-state index in [0.29, 0.717) is 6.54 Å². The molecule has 1 saturated carbocycles. The fourth-order valence-corrected chi connectivity index (χ4v) is 4.22. The summed E-state index contributed by atoms with van der Waals surface area (Å²) in [7, 11) is 1.56. The fraction of sp³-hybridized carbons (Fsp3) is 0.375. The molecule has 5 rings (SSSR count). The first-order valence-corrected chi connectivity index (χ1v) is 10.9. The highest BCUT2D eigenvalue weighted by Gasteiger charge is 2.24. The average Bonchev–Trinajstić information content (AvgIpc) is 3.45. The molecule has 0 aliphatic heterocycles. The average molecular weight is 418 g/mol. The summed E-state index contributed by atoms with van der Waals surface area (Å²) in [5, 5.41) is 18.7. The number of benzene rings is 2. The summed E-state index contributed by atoms with van der Waals surface area (Å²) in [5.74, 6) is 0.722. The zero-order valence-electron chi connectivity index (χ0n) is 18.0. The van der Waals surface area contributed by atoms with Gasteiger partial charge in [-0.15, -0.1) is 5.10 Å². The van der Waals surface area contributed by atoms with E-state index in [-0.39, 0.29) is 11.6 Å². The van der Waals surface area contributed by atoms with E-state index in [9.17, 15) is 9.90 Å². The minimum Gasteiger partial charge on any atom is -0.493 e. The van der Waals surface area contributed by atoms with Crippen molar-refractivity contribution < 1.29 is 5.11 Å². The van der Waals surface area contributed by atoms with Crippen LogP contribution in [0.1, 0.15) is 37.3 Å². The topological polar surface area (TPSA) is 77.9 Å². The summed E-state index contributed by atoms with van der Waals surface area (Å²) in [5.41, 5.74) is 6.48. The van der Waals surface area contributed by atoms with Gasteiger partial charge < -0.3 is 5.11 Å². The van der Waals surface area contributed by atoms with Gasteiger partial charge in [-0.2, -0.15) is 0 Å². The van der Waals surface area contributed by atoms with Gasteiger partial charge in [0.25, 0.3) is 0 Å². The van der Waals surface area contributed by atoms with Crippen LogP contribution in [0.15, 0.2) is 47.4 Å². The summed E-state index contributed by atoms with van der Waals surface area (Å²) in [6.45, 7) is 3.57. The number of fused-ring (bicyclic) bond motifs is 1. The molecule has 31 heavy (non-hydrogen) atoms. The number of nitrogens with zero attached hydrogens (tertiary/aromatic N) is 5. The van der Waals surface area contributed by atoms with Gasteiger partial charge in [0.2, 0.25) is 5.88 Å². The van der Waals surface area contributed by atoms with Gasteiger partial charge in [-0.05, 0) is 53.5 Å². The molecular formula is C24H27N5O2. The van der Waals surface area contributed by atoms with Crippen molar-refractivity contribution >= 4 is 11.0 Å². The van der Waals surface area contributed by atoms with Crippen LogP contribution in [0.5, 0.6) is 5.88 Å². The maximum Gasteiger partial charge on any atom is 0.331 e. The van der Waals surface area contributed by atoms with Gasteiger partial charge in [-0.1, -0.05) is 48.9 Å². The summed E-state index contributed by atoms with van der Waals surface area (Å²) in [6, 6.07) is 12.6. The van der Waals surface area contributed by atoms with Crippen LogP contribution in [-0.2, 0) is 26.6 Å². The third-order valence-electron chi connectivity index (χ3n) is 6.19. The summed E-state index contributed by atoms with van der Waals surface area (Å²) in [4.78, 5) is 12.1. The van der Waals surface area contributed by atoms with E-state index in [1.165, 1.54) is 39.3 Å². The summed E-state index contributed by atoms with van der Waals surface area (Å²) < 4.78 is 4.81. The Kier molecular flexibility index (Phi) is 4.88. The first kappa shape index (κ1) is 19.6.